The van der Waals surface area contributed by atoms with E-state index in [0.717, 1.165) is 13.0 Å². The molecule has 0 aromatic heterocycles. The zero-order chi connectivity index (χ0) is 7.14. The summed E-state index contributed by atoms with van der Waals surface area (Å²) in [6.45, 7) is 0.873. The van der Waals surface area contributed by atoms with Crippen LogP contribution in [0.15, 0.2) is 0 Å². The minimum absolute atomic E-state index is 0.296. The fraction of sp³-hybridized carbons (Fsp3) is 0.833. The zero-order valence-electron chi connectivity index (χ0n) is 5.42. The SMILES string of the molecule is O=C1C[C@H]2SC(CCl)CN12. The van der Waals surface area contributed by atoms with Crippen molar-refractivity contribution in [3.63, 3.8) is 0 Å². The molecule has 2 aliphatic heterocycles. The van der Waals surface area contributed by atoms with Crippen LogP contribution in [0.1, 0.15) is 6.42 Å². The standard InChI is InChI=1S/C6H8ClNOS/c7-2-4-3-8-5(9)1-6(8)10-4/h4,6H,1-3H2/t4?,6-/m1/s1. The second-order valence-corrected chi connectivity index (χ2v) is 4.41. The number of nitrogens with zero attached hydrogens (tertiary/aromatic N) is 1. The number of amides is 1. The number of thioether (sulfide) groups is 1. The molecule has 2 heterocycles. The predicted octanol–water partition coefficient (Wildman–Crippen LogP) is 0.899. The van der Waals surface area contributed by atoms with Crippen LogP contribution in [0, 0.1) is 0 Å². The topological polar surface area (TPSA) is 20.3 Å². The summed E-state index contributed by atoms with van der Waals surface area (Å²) >= 11 is 7.49. The lowest BCUT2D eigenvalue weighted by atomic mass is 10.2. The van der Waals surface area contributed by atoms with E-state index in [1.807, 2.05) is 16.7 Å². The van der Waals surface area contributed by atoms with E-state index in [-0.39, 0.29) is 0 Å². The zero-order valence-corrected chi connectivity index (χ0v) is 6.99. The van der Waals surface area contributed by atoms with Crippen LogP contribution in [0.5, 0.6) is 0 Å². The van der Waals surface area contributed by atoms with E-state index in [2.05, 4.69) is 0 Å². The monoisotopic (exact) mass is 177 g/mol. The van der Waals surface area contributed by atoms with Gasteiger partial charge in [-0.2, -0.15) is 0 Å². The summed E-state index contributed by atoms with van der Waals surface area (Å²) in [7, 11) is 0. The number of halogens is 1. The molecule has 0 bridgehead atoms. The number of fused-ring (bicyclic) bond motifs is 1. The molecule has 10 heavy (non-hydrogen) atoms. The van der Waals surface area contributed by atoms with E-state index in [1.165, 1.54) is 0 Å². The summed E-state index contributed by atoms with van der Waals surface area (Å²) in [4.78, 5) is 12.8. The number of alkyl halides is 1. The first-order chi connectivity index (χ1) is 4.81. The average molecular weight is 178 g/mol. The molecule has 0 saturated carbocycles. The Balaban J connectivity index is 1.99. The summed E-state index contributed by atoms with van der Waals surface area (Å²) in [6.07, 6.45) is 0.734. The molecule has 2 saturated heterocycles. The van der Waals surface area contributed by atoms with Crippen LogP contribution < -0.4 is 0 Å². The van der Waals surface area contributed by atoms with Gasteiger partial charge in [-0.05, 0) is 0 Å². The first-order valence-electron chi connectivity index (χ1n) is 3.32. The molecule has 0 aromatic rings. The molecular formula is C6H8ClNOS. The number of carbonyl (C=O) groups is 1. The second kappa shape index (κ2) is 2.31. The van der Waals surface area contributed by atoms with Crippen molar-refractivity contribution in [1.82, 2.24) is 4.90 Å². The van der Waals surface area contributed by atoms with Gasteiger partial charge < -0.3 is 4.90 Å². The summed E-state index contributed by atoms with van der Waals surface area (Å²) in [5, 5.41) is 0.953. The van der Waals surface area contributed by atoms with Crippen molar-refractivity contribution in [2.24, 2.45) is 0 Å². The second-order valence-electron chi connectivity index (χ2n) is 2.62. The highest BCUT2D eigenvalue weighted by Gasteiger charge is 2.44. The Morgan fingerprint density at radius 1 is 1.80 bits per heavy atom. The maximum atomic E-state index is 10.8. The molecule has 2 fully saturated rings. The third-order valence-electron chi connectivity index (χ3n) is 1.94. The van der Waals surface area contributed by atoms with Gasteiger partial charge in [-0.25, -0.2) is 0 Å². The Labute approximate surface area is 68.9 Å². The van der Waals surface area contributed by atoms with E-state index in [1.54, 1.807) is 0 Å². The van der Waals surface area contributed by atoms with Gasteiger partial charge in [-0.1, -0.05) is 0 Å². The summed E-state index contributed by atoms with van der Waals surface area (Å²) in [6, 6.07) is 0. The quantitative estimate of drug-likeness (QED) is 0.438. The largest absolute Gasteiger partial charge is 0.329 e. The molecule has 0 radical (unpaired) electrons. The van der Waals surface area contributed by atoms with Crippen LogP contribution in [0.3, 0.4) is 0 Å². The first kappa shape index (κ1) is 6.80. The van der Waals surface area contributed by atoms with Crippen molar-refractivity contribution < 1.29 is 4.79 Å². The molecule has 0 aromatic carbocycles. The van der Waals surface area contributed by atoms with Crippen molar-refractivity contribution in [1.29, 1.82) is 0 Å². The number of hydrogen-bond acceptors (Lipinski definition) is 2. The van der Waals surface area contributed by atoms with Gasteiger partial charge in [0, 0.05) is 17.7 Å². The highest BCUT2D eigenvalue weighted by atomic mass is 35.5. The Kier molecular flexibility index (Phi) is 1.57. The number of rotatable bonds is 1. The van der Waals surface area contributed by atoms with Gasteiger partial charge in [0.1, 0.15) is 0 Å². The van der Waals surface area contributed by atoms with Gasteiger partial charge >= 0.3 is 0 Å². The molecule has 4 heteroatoms. The van der Waals surface area contributed by atoms with Crippen LogP contribution in [0.2, 0.25) is 0 Å². The lowest BCUT2D eigenvalue weighted by molar-refractivity contribution is -0.140. The van der Waals surface area contributed by atoms with E-state index >= 15 is 0 Å². The molecule has 56 valence electrons. The summed E-state index contributed by atoms with van der Waals surface area (Å²) < 4.78 is 0. The van der Waals surface area contributed by atoms with Crippen molar-refractivity contribution in [2.45, 2.75) is 17.0 Å². The number of carbonyl (C=O) groups excluding carboxylic acids is 1. The summed E-state index contributed by atoms with van der Waals surface area (Å²) in [5.41, 5.74) is 0. The molecule has 2 rings (SSSR count). The maximum Gasteiger partial charge on any atom is 0.226 e. The molecule has 1 amide bonds. The third-order valence-corrected chi connectivity index (χ3v) is 3.93. The first-order valence-corrected chi connectivity index (χ1v) is 4.80. The van der Waals surface area contributed by atoms with Gasteiger partial charge in [0.2, 0.25) is 5.91 Å². The molecular weight excluding hydrogens is 170 g/mol. The normalized spacial score (nSPS) is 37.7. The predicted molar refractivity (Wildman–Crippen MR) is 42.2 cm³/mol. The molecule has 0 aliphatic carbocycles. The fourth-order valence-electron chi connectivity index (χ4n) is 1.34. The van der Waals surface area contributed by atoms with E-state index in [4.69, 9.17) is 11.6 Å². The summed E-state index contributed by atoms with van der Waals surface area (Å²) in [5.74, 6) is 0.968. The lowest BCUT2D eigenvalue weighted by Crippen LogP contribution is -2.47. The number of β-lactam (4-membered cyclic amide) rings is 1. The Morgan fingerprint density at radius 2 is 2.60 bits per heavy atom. The molecule has 2 atom stereocenters. The fourth-order valence-corrected chi connectivity index (χ4v) is 3.00. The highest BCUT2D eigenvalue weighted by Crippen LogP contribution is 2.39. The van der Waals surface area contributed by atoms with Crippen LogP contribution in [0.25, 0.3) is 0 Å². The molecule has 2 aliphatic rings. The van der Waals surface area contributed by atoms with Crippen molar-refractivity contribution in [3.05, 3.63) is 0 Å². The minimum atomic E-state index is 0.296. The van der Waals surface area contributed by atoms with E-state index < -0.39 is 0 Å². The van der Waals surface area contributed by atoms with Gasteiger partial charge in [0.15, 0.2) is 0 Å². The maximum absolute atomic E-state index is 10.8. The van der Waals surface area contributed by atoms with Crippen LogP contribution in [0.4, 0.5) is 0 Å². The molecule has 1 unspecified atom stereocenters. The van der Waals surface area contributed by atoms with Crippen molar-refractivity contribution in [2.75, 3.05) is 12.4 Å². The number of hydrogen-bond donors (Lipinski definition) is 0. The van der Waals surface area contributed by atoms with Gasteiger partial charge in [0.25, 0.3) is 0 Å². The minimum Gasteiger partial charge on any atom is -0.329 e. The Bertz CT molecular complexity index is 175. The van der Waals surface area contributed by atoms with Gasteiger partial charge in [-0.15, -0.1) is 23.4 Å². The van der Waals surface area contributed by atoms with Crippen molar-refractivity contribution >= 4 is 29.3 Å². The molecule has 0 N–H and O–H groups in total. The van der Waals surface area contributed by atoms with Crippen LogP contribution >= 0.6 is 23.4 Å². The van der Waals surface area contributed by atoms with Gasteiger partial charge in [0.05, 0.1) is 11.8 Å². The third kappa shape index (κ3) is 0.839. The highest BCUT2D eigenvalue weighted by molar-refractivity contribution is 8.01. The van der Waals surface area contributed by atoms with Crippen molar-refractivity contribution in [3.8, 4) is 0 Å². The Morgan fingerprint density at radius 3 is 3.10 bits per heavy atom. The Hall–Kier alpha value is 0.110. The lowest BCUT2D eigenvalue weighted by Gasteiger charge is -2.32. The molecule has 2 nitrogen and oxygen atoms in total. The van der Waals surface area contributed by atoms with E-state index in [9.17, 15) is 4.79 Å². The van der Waals surface area contributed by atoms with Crippen LogP contribution in [-0.4, -0.2) is 33.9 Å². The smallest absolute Gasteiger partial charge is 0.226 e. The van der Waals surface area contributed by atoms with E-state index in [0.29, 0.717) is 22.4 Å². The van der Waals surface area contributed by atoms with Gasteiger partial charge in [-0.3, -0.25) is 4.79 Å². The molecule has 0 spiro atoms. The van der Waals surface area contributed by atoms with Crippen LogP contribution in [-0.2, 0) is 4.79 Å². The average Bonchev–Trinajstić information content (AvgIpc) is 2.26.